The van der Waals surface area contributed by atoms with Crippen molar-refractivity contribution >= 4 is 22.9 Å². The second-order valence-corrected chi connectivity index (χ2v) is 8.56. The maximum Gasteiger partial charge on any atom is 0.307 e. The van der Waals surface area contributed by atoms with E-state index in [0.717, 1.165) is 70.4 Å². The third-order valence-corrected chi connectivity index (χ3v) is 6.92. The molecule has 1 atom stereocenters. The Balaban J connectivity index is 1.46. The third kappa shape index (κ3) is 2.86. The monoisotopic (exact) mass is 399 g/mol. The Bertz CT molecular complexity index is 1100. The number of hydrogen-bond donors (Lipinski definition) is 2. The summed E-state index contributed by atoms with van der Waals surface area (Å²) in [6.45, 7) is 0. The number of fused-ring (bicyclic) bond motifs is 2. The average molecular weight is 400 g/mol. The minimum atomic E-state index is -0.215. The zero-order valence-corrected chi connectivity index (χ0v) is 16.1. The van der Waals surface area contributed by atoms with E-state index < -0.39 is 0 Å². The maximum atomic E-state index is 11.5. The van der Waals surface area contributed by atoms with Gasteiger partial charge >= 0.3 is 4.87 Å². The van der Waals surface area contributed by atoms with Gasteiger partial charge in [0.2, 0.25) is 5.88 Å². The van der Waals surface area contributed by atoms with Gasteiger partial charge in [-0.05, 0) is 78.6 Å². The van der Waals surface area contributed by atoms with Crippen LogP contribution in [-0.4, -0.2) is 10.1 Å². The standard InChI is InChI=1S/C21H18ClNO3S/c22-17-8-9-18(15-3-1-2-14(15)17)26-12-5-7-13-11(10-12)4-6-16(13)19-20(24)23-21(25)27-19/h5,7-10,16,24H,1-4,6H2,(H,23,25)/t16-/m1/s1. The van der Waals surface area contributed by atoms with Crippen molar-refractivity contribution in [1.82, 2.24) is 4.98 Å². The van der Waals surface area contributed by atoms with Crippen LogP contribution in [0, 0.1) is 0 Å². The van der Waals surface area contributed by atoms with Crippen molar-refractivity contribution in [1.29, 1.82) is 0 Å². The van der Waals surface area contributed by atoms with Crippen LogP contribution >= 0.6 is 22.9 Å². The van der Waals surface area contributed by atoms with Gasteiger partial charge < -0.3 is 9.84 Å². The fraction of sp³-hybridized carbons (Fsp3) is 0.286. The quantitative estimate of drug-likeness (QED) is 0.639. The minimum absolute atomic E-state index is 0.0000893. The van der Waals surface area contributed by atoms with Crippen LogP contribution in [0.4, 0.5) is 0 Å². The lowest BCUT2D eigenvalue weighted by Crippen LogP contribution is -1.95. The normalized spacial score (nSPS) is 17.7. The smallest absolute Gasteiger partial charge is 0.307 e. The molecule has 2 aliphatic rings. The molecule has 138 valence electrons. The Morgan fingerprint density at radius 1 is 1.15 bits per heavy atom. The number of aromatic amines is 1. The van der Waals surface area contributed by atoms with Crippen molar-refractivity contribution in [3.63, 3.8) is 0 Å². The summed E-state index contributed by atoms with van der Waals surface area (Å²) >= 11 is 7.40. The van der Waals surface area contributed by atoms with Gasteiger partial charge in [0, 0.05) is 10.9 Å². The highest BCUT2D eigenvalue weighted by Gasteiger charge is 2.29. The van der Waals surface area contributed by atoms with E-state index in [1.54, 1.807) is 0 Å². The van der Waals surface area contributed by atoms with Crippen LogP contribution in [0.25, 0.3) is 0 Å². The van der Waals surface area contributed by atoms with Crippen molar-refractivity contribution in [2.45, 2.75) is 38.0 Å². The number of halogens is 1. The van der Waals surface area contributed by atoms with Crippen molar-refractivity contribution < 1.29 is 9.84 Å². The first-order valence-corrected chi connectivity index (χ1v) is 10.3. The van der Waals surface area contributed by atoms with Crippen LogP contribution in [-0.2, 0) is 19.3 Å². The Morgan fingerprint density at radius 2 is 2.00 bits per heavy atom. The summed E-state index contributed by atoms with van der Waals surface area (Å²) in [4.78, 5) is 14.5. The van der Waals surface area contributed by atoms with Gasteiger partial charge in [-0.2, -0.15) is 0 Å². The Labute approximate surface area is 165 Å². The highest BCUT2D eigenvalue weighted by Crippen LogP contribution is 2.44. The van der Waals surface area contributed by atoms with E-state index in [-0.39, 0.29) is 16.7 Å². The number of benzene rings is 2. The van der Waals surface area contributed by atoms with Crippen LogP contribution in [0.1, 0.15) is 45.9 Å². The summed E-state index contributed by atoms with van der Waals surface area (Å²) in [6.07, 6.45) is 4.92. The molecule has 2 aliphatic carbocycles. The van der Waals surface area contributed by atoms with Gasteiger partial charge in [0.15, 0.2) is 0 Å². The van der Waals surface area contributed by atoms with E-state index in [2.05, 4.69) is 17.1 Å². The third-order valence-electron chi connectivity index (χ3n) is 5.58. The number of thiazole rings is 1. The van der Waals surface area contributed by atoms with Crippen LogP contribution in [0.3, 0.4) is 0 Å². The molecule has 0 fully saturated rings. The lowest BCUT2D eigenvalue weighted by Gasteiger charge is -2.14. The molecule has 6 heteroatoms. The fourth-order valence-electron chi connectivity index (χ4n) is 4.35. The summed E-state index contributed by atoms with van der Waals surface area (Å²) in [5.74, 6) is 1.78. The van der Waals surface area contributed by atoms with E-state index in [1.807, 2.05) is 18.2 Å². The van der Waals surface area contributed by atoms with Gasteiger partial charge in [0.25, 0.3) is 0 Å². The molecule has 2 N–H and O–H groups in total. The molecule has 4 nitrogen and oxygen atoms in total. The number of aryl methyl sites for hydroxylation is 1. The van der Waals surface area contributed by atoms with Gasteiger partial charge in [0.05, 0.1) is 4.88 Å². The first-order valence-electron chi connectivity index (χ1n) is 9.13. The molecule has 0 radical (unpaired) electrons. The molecule has 1 aromatic heterocycles. The van der Waals surface area contributed by atoms with E-state index in [1.165, 1.54) is 16.7 Å². The van der Waals surface area contributed by atoms with Gasteiger partial charge in [-0.25, -0.2) is 0 Å². The van der Waals surface area contributed by atoms with Gasteiger partial charge in [-0.3, -0.25) is 9.78 Å². The van der Waals surface area contributed by atoms with Crippen molar-refractivity contribution in [3.05, 3.63) is 72.2 Å². The number of aromatic nitrogens is 1. The molecule has 1 heterocycles. The van der Waals surface area contributed by atoms with E-state index in [9.17, 15) is 9.90 Å². The molecule has 27 heavy (non-hydrogen) atoms. The highest BCUT2D eigenvalue weighted by atomic mass is 35.5. The Morgan fingerprint density at radius 3 is 2.81 bits per heavy atom. The number of H-pyrrole nitrogens is 1. The Kier molecular flexibility index (Phi) is 4.02. The lowest BCUT2D eigenvalue weighted by molar-refractivity contribution is 0.447. The SMILES string of the molecule is O=c1[nH]c(O)c([C@@H]2CCc3cc(Oc4ccc(Cl)c5c4CCC5)ccc32)s1. The average Bonchev–Trinajstić information content (AvgIpc) is 3.35. The van der Waals surface area contributed by atoms with Gasteiger partial charge in [-0.15, -0.1) is 0 Å². The maximum absolute atomic E-state index is 11.5. The molecule has 0 aliphatic heterocycles. The fourth-order valence-corrected chi connectivity index (χ4v) is 5.50. The summed E-state index contributed by atoms with van der Waals surface area (Å²) in [5, 5.41) is 10.8. The number of ether oxygens (including phenoxy) is 1. The molecule has 0 saturated heterocycles. The summed E-state index contributed by atoms with van der Waals surface area (Å²) in [6, 6.07) is 9.98. The van der Waals surface area contributed by atoms with E-state index in [0.29, 0.717) is 0 Å². The van der Waals surface area contributed by atoms with Crippen LogP contribution in [0.15, 0.2) is 35.1 Å². The summed E-state index contributed by atoms with van der Waals surface area (Å²) in [7, 11) is 0. The molecule has 3 aromatic rings. The van der Waals surface area contributed by atoms with Gasteiger partial charge in [0.1, 0.15) is 11.5 Å². The predicted molar refractivity (Wildman–Crippen MR) is 107 cm³/mol. The molecule has 0 spiro atoms. The largest absolute Gasteiger partial charge is 0.494 e. The lowest BCUT2D eigenvalue weighted by atomic mass is 10.00. The first kappa shape index (κ1) is 16.9. The number of rotatable bonds is 3. The molecule has 5 rings (SSSR count). The van der Waals surface area contributed by atoms with Crippen LogP contribution in [0.2, 0.25) is 5.02 Å². The number of nitrogens with one attached hydrogen (secondary N) is 1. The van der Waals surface area contributed by atoms with E-state index in [4.69, 9.17) is 16.3 Å². The second kappa shape index (κ2) is 6.43. The molecule has 2 aromatic carbocycles. The van der Waals surface area contributed by atoms with Crippen molar-refractivity contribution in [3.8, 4) is 17.4 Å². The first-order chi connectivity index (χ1) is 13.1. The summed E-state index contributed by atoms with van der Waals surface area (Å²) < 4.78 is 6.21. The molecule has 0 saturated carbocycles. The minimum Gasteiger partial charge on any atom is -0.494 e. The zero-order chi connectivity index (χ0) is 18.5. The second-order valence-electron chi connectivity index (χ2n) is 7.14. The zero-order valence-electron chi connectivity index (χ0n) is 14.5. The van der Waals surface area contributed by atoms with Crippen LogP contribution in [0.5, 0.6) is 17.4 Å². The summed E-state index contributed by atoms with van der Waals surface area (Å²) in [5.41, 5.74) is 4.81. The van der Waals surface area contributed by atoms with Crippen molar-refractivity contribution in [2.75, 3.05) is 0 Å². The van der Waals surface area contributed by atoms with Gasteiger partial charge in [-0.1, -0.05) is 29.0 Å². The number of aromatic hydroxyl groups is 1. The molecular weight excluding hydrogens is 382 g/mol. The molecule has 0 unspecified atom stereocenters. The molecule has 0 amide bonds. The predicted octanol–water partition coefficient (Wildman–Crippen LogP) is 5.15. The van der Waals surface area contributed by atoms with E-state index >= 15 is 0 Å². The molecule has 0 bridgehead atoms. The van der Waals surface area contributed by atoms with Crippen molar-refractivity contribution in [2.24, 2.45) is 0 Å². The number of hydrogen-bond acceptors (Lipinski definition) is 4. The topological polar surface area (TPSA) is 62.3 Å². The van der Waals surface area contributed by atoms with Crippen LogP contribution < -0.4 is 9.61 Å². The Hall–Kier alpha value is -2.24. The highest BCUT2D eigenvalue weighted by molar-refractivity contribution is 7.09. The molecular formula is C21H18ClNO3S.